The zero-order chi connectivity index (χ0) is 15.2. The molecule has 0 saturated heterocycles. The molecule has 2 rings (SSSR count). The Labute approximate surface area is 130 Å². The van der Waals surface area contributed by atoms with Crippen LogP contribution in [0.4, 0.5) is 0 Å². The van der Waals surface area contributed by atoms with E-state index >= 15 is 0 Å². The van der Waals surface area contributed by atoms with Gasteiger partial charge < -0.3 is 4.90 Å². The van der Waals surface area contributed by atoms with E-state index in [0.29, 0.717) is 11.5 Å². The second-order valence-corrected chi connectivity index (χ2v) is 6.41. The zero-order valence-electron chi connectivity index (χ0n) is 12.6. The van der Waals surface area contributed by atoms with Gasteiger partial charge in [0.05, 0.1) is 5.56 Å². The van der Waals surface area contributed by atoms with E-state index in [1.54, 1.807) is 11.1 Å². The Morgan fingerprint density at radius 3 is 2.57 bits per heavy atom. The molecule has 0 spiro atoms. The smallest absolute Gasteiger partial charge is 0.256 e. The first kappa shape index (κ1) is 15.6. The van der Waals surface area contributed by atoms with Crippen molar-refractivity contribution in [1.29, 1.82) is 0 Å². The van der Waals surface area contributed by atoms with Gasteiger partial charge in [0.25, 0.3) is 5.91 Å². The van der Waals surface area contributed by atoms with Crippen molar-refractivity contribution in [2.45, 2.75) is 23.8 Å². The summed E-state index contributed by atoms with van der Waals surface area (Å²) < 4.78 is 0. The fourth-order valence-electron chi connectivity index (χ4n) is 2.07. The van der Waals surface area contributed by atoms with Crippen molar-refractivity contribution in [1.82, 2.24) is 9.88 Å². The number of nitrogens with zero attached hydrogens (tertiary/aromatic N) is 2. The van der Waals surface area contributed by atoms with E-state index in [9.17, 15) is 4.79 Å². The predicted octanol–water partition coefficient (Wildman–Crippen LogP) is 3.96. The quantitative estimate of drug-likeness (QED) is 0.838. The first-order valence-electron chi connectivity index (χ1n) is 7.01. The van der Waals surface area contributed by atoms with Crippen LogP contribution in [-0.4, -0.2) is 29.4 Å². The topological polar surface area (TPSA) is 33.2 Å². The molecule has 0 aliphatic carbocycles. The van der Waals surface area contributed by atoms with Crippen LogP contribution in [0.1, 0.15) is 24.2 Å². The molecule has 1 aromatic heterocycles. The average Bonchev–Trinajstić information content (AvgIpc) is 2.47. The average molecular weight is 300 g/mol. The van der Waals surface area contributed by atoms with Crippen molar-refractivity contribution in [3.63, 3.8) is 0 Å². The van der Waals surface area contributed by atoms with Gasteiger partial charge in [0.2, 0.25) is 0 Å². The number of aromatic nitrogens is 1. The van der Waals surface area contributed by atoms with E-state index in [4.69, 9.17) is 0 Å². The summed E-state index contributed by atoms with van der Waals surface area (Å²) >= 11 is 1.52. The second kappa shape index (κ2) is 7.27. The molecule has 2 aromatic rings. The van der Waals surface area contributed by atoms with E-state index in [1.807, 2.05) is 49.5 Å². The third-order valence-corrected chi connectivity index (χ3v) is 3.97. The highest BCUT2D eigenvalue weighted by Crippen LogP contribution is 2.28. The molecule has 1 amide bonds. The minimum Gasteiger partial charge on any atom is -0.341 e. The van der Waals surface area contributed by atoms with Gasteiger partial charge in [0.1, 0.15) is 5.03 Å². The highest BCUT2D eigenvalue weighted by molar-refractivity contribution is 7.99. The van der Waals surface area contributed by atoms with Crippen molar-refractivity contribution in [2.24, 2.45) is 5.92 Å². The van der Waals surface area contributed by atoms with Crippen LogP contribution in [0.5, 0.6) is 0 Å². The maximum Gasteiger partial charge on any atom is 0.256 e. The summed E-state index contributed by atoms with van der Waals surface area (Å²) in [6.45, 7) is 4.95. The summed E-state index contributed by atoms with van der Waals surface area (Å²) in [5, 5.41) is 0.754. The zero-order valence-corrected chi connectivity index (χ0v) is 13.4. The van der Waals surface area contributed by atoms with E-state index in [1.165, 1.54) is 11.8 Å². The van der Waals surface area contributed by atoms with Gasteiger partial charge in [-0.1, -0.05) is 43.8 Å². The second-order valence-electron chi connectivity index (χ2n) is 5.35. The summed E-state index contributed by atoms with van der Waals surface area (Å²) in [4.78, 5) is 19.8. The third-order valence-electron chi connectivity index (χ3n) is 2.95. The van der Waals surface area contributed by atoms with Crippen LogP contribution < -0.4 is 0 Å². The van der Waals surface area contributed by atoms with E-state index in [-0.39, 0.29) is 5.91 Å². The van der Waals surface area contributed by atoms with Crippen LogP contribution in [-0.2, 0) is 0 Å². The molecule has 0 atom stereocenters. The van der Waals surface area contributed by atoms with Gasteiger partial charge in [-0.05, 0) is 30.2 Å². The molecule has 0 saturated carbocycles. The molecule has 4 heteroatoms. The van der Waals surface area contributed by atoms with E-state index < -0.39 is 0 Å². The molecular weight excluding hydrogens is 280 g/mol. The molecule has 1 aromatic carbocycles. The maximum absolute atomic E-state index is 12.6. The van der Waals surface area contributed by atoms with Crippen molar-refractivity contribution < 1.29 is 4.79 Å². The van der Waals surface area contributed by atoms with Crippen molar-refractivity contribution in [3.8, 4) is 0 Å². The molecule has 3 nitrogen and oxygen atoms in total. The van der Waals surface area contributed by atoms with E-state index in [0.717, 1.165) is 16.5 Å². The van der Waals surface area contributed by atoms with Crippen LogP contribution in [0.15, 0.2) is 58.6 Å². The van der Waals surface area contributed by atoms with Crippen LogP contribution in [0.2, 0.25) is 0 Å². The SMILES string of the molecule is CC(C)CN(C)C(=O)c1cccnc1Sc1ccccc1. The monoisotopic (exact) mass is 300 g/mol. The van der Waals surface area contributed by atoms with Gasteiger partial charge >= 0.3 is 0 Å². The molecule has 0 bridgehead atoms. The number of rotatable bonds is 5. The number of pyridine rings is 1. The van der Waals surface area contributed by atoms with Gasteiger partial charge in [-0.2, -0.15) is 0 Å². The summed E-state index contributed by atoms with van der Waals surface area (Å²) in [6.07, 6.45) is 1.73. The lowest BCUT2D eigenvalue weighted by molar-refractivity contribution is 0.0775. The Kier molecular flexibility index (Phi) is 5.39. The van der Waals surface area contributed by atoms with Gasteiger partial charge in [-0.3, -0.25) is 4.79 Å². The Morgan fingerprint density at radius 2 is 1.90 bits per heavy atom. The molecule has 1 heterocycles. The maximum atomic E-state index is 12.6. The standard InChI is InChI=1S/C17H20N2OS/c1-13(2)12-19(3)17(20)15-10-7-11-18-16(15)21-14-8-5-4-6-9-14/h4-11,13H,12H2,1-3H3. The Balaban J connectivity index is 2.22. The normalized spacial score (nSPS) is 10.7. The molecule has 0 radical (unpaired) electrons. The number of carbonyl (C=O) groups excluding carboxylic acids is 1. The number of benzene rings is 1. The third kappa shape index (κ3) is 4.33. The molecule has 0 unspecified atom stereocenters. The highest BCUT2D eigenvalue weighted by atomic mass is 32.2. The Bertz CT molecular complexity index is 599. The van der Waals surface area contributed by atoms with Crippen molar-refractivity contribution >= 4 is 17.7 Å². The summed E-state index contributed by atoms with van der Waals surface area (Å²) in [5.41, 5.74) is 0.662. The molecule has 21 heavy (non-hydrogen) atoms. The lowest BCUT2D eigenvalue weighted by Crippen LogP contribution is -2.30. The van der Waals surface area contributed by atoms with Crippen LogP contribution in [0.3, 0.4) is 0 Å². The fraction of sp³-hybridized carbons (Fsp3) is 0.294. The van der Waals surface area contributed by atoms with Crippen molar-refractivity contribution in [3.05, 3.63) is 54.2 Å². The Morgan fingerprint density at radius 1 is 1.19 bits per heavy atom. The molecule has 0 aliphatic heterocycles. The number of amides is 1. The van der Waals surface area contributed by atoms with Gasteiger partial charge in [0.15, 0.2) is 0 Å². The van der Waals surface area contributed by atoms with E-state index in [2.05, 4.69) is 18.8 Å². The minimum atomic E-state index is 0.0234. The lowest BCUT2D eigenvalue weighted by atomic mass is 10.2. The molecule has 110 valence electrons. The number of hydrogen-bond donors (Lipinski definition) is 0. The van der Waals surface area contributed by atoms with Gasteiger partial charge in [-0.25, -0.2) is 4.98 Å². The van der Waals surface area contributed by atoms with Crippen LogP contribution in [0, 0.1) is 5.92 Å². The highest BCUT2D eigenvalue weighted by Gasteiger charge is 2.17. The summed E-state index contributed by atoms with van der Waals surface area (Å²) in [5.74, 6) is 0.469. The largest absolute Gasteiger partial charge is 0.341 e. The number of hydrogen-bond acceptors (Lipinski definition) is 3. The van der Waals surface area contributed by atoms with Gasteiger partial charge in [-0.15, -0.1) is 0 Å². The van der Waals surface area contributed by atoms with Crippen molar-refractivity contribution in [2.75, 3.05) is 13.6 Å². The number of carbonyl (C=O) groups is 1. The summed E-state index contributed by atoms with van der Waals surface area (Å²) in [6, 6.07) is 13.6. The predicted molar refractivity (Wildman–Crippen MR) is 86.6 cm³/mol. The molecule has 0 aliphatic rings. The first-order chi connectivity index (χ1) is 10.1. The molecule has 0 fully saturated rings. The van der Waals surface area contributed by atoms with Gasteiger partial charge in [0, 0.05) is 24.7 Å². The van der Waals surface area contributed by atoms with Crippen LogP contribution >= 0.6 is 11.8 Å². The molecule has 0 N–H and O–H groups in total. The van der Waals surface area contributed by atoms with Crippen LogP contribution in [0.25, 0.3) is 0 Å². The fourth-order valence-corrected chi connectivity index (χ4v) is 2.97. The lowest BCUT2D eigenvalue weighted by Gasteiger charge is -2.20. The first-order valence-corrected chi connectivity index (χ1v) is 7.83. The summed E-state index contributed by atoms with van der Waals surface area (Å²) in [7, 11) is 1.84. The molecular formula is C17H20N2OS. The minimum absolute atomic E-state index is 0.0234. The Hall–Kier alpha value is -1.81.